The highest BCUT2D eigenvalue weighted by atomic mass is 32.2. The third kappa shape index (κ3) is 3.67. The van der Waals surface area contributed by atoms with Crippen LogP contribution in [0, 0.1) is 23.2 Å². The zero-order valence-corrected chi connectivity index (χ0v) is 13.3. The lowest BCUT2D eigenvalue weighted by Crippen LogP contribution is -2.45. The summed E-state index contributed by atoms with van der Waals surface area (Å²) in [4.78, 5) is 0. The fourth-order valence-corrected chi connectivity index (χ4v) is 5.46. The third-order valence-corrected chi connectivity index (χ3v) is 6.55. The third-order valence-electron chi connectivity index (χ3n) is 5.17. The first-order valence-electron chi connectivity index (χ1n) is 7.92. The first-order valence-corrected chi connectivity index (χ1v) is 8.97. The normalized spacial score (nSPS) is 39.1. The van der Waals surface area contributed by atoms with Crippen LogP contribution in [0.4, 0.5) is 0 Å². The molecule has 0 amide bonds. The lowest BCUT2D eigenvalue weighted by atomic mass is 9.87. The van der Waals surface area contributed by atoms with Gasteiger partial charge in [-0.3, -0.25) is 0 Å². The lowest BCUT2D eigenvalue weighted by molar-refractivity contribution is 0.331. The fraction of sp³-hybridized carbons (Fsp3) is 0.938. The molecule has 0 saturated heterocycles. The van der Waals surface area contributed by atoms with Crippen molar-refractivity contribution in [3.63, 3.8) is 0 Å². The molecule has 19 heavy (non-hydrogen) atoms. The molecule has 108 valence electrons. The van der Waals surface area contributed by atoms with Crippen LogP contribution in [0.15, 0.2) is 0 Å². The van der Waals surface area contributed by atoms with Crippen LogP contribution in [0.25, 0.3) is 0 Å². The van der Waals surface area contributed by atoms with Gasteiger partial charge in [-0.2, -0.15) is 17.0 Å². The van der Waals surface area contributed by atoms with E-state index in [1.54, 1.807) is 0 Å². The van der Waals surface area contributed by atoms with Crippen LogP contribution < -0.4 is 5.32 Å². The summed E-state index contributed by atoms with van der Waals surface area (Å²) in [6.45, 7) is 2.39. The van der Waals surface area contributed by atoms with Crippen LogP contribution in [0.1, 0.15) is 58.3 Å². The summed E-state index contributed by atoms with van der Waals surface area (Å²) in [5.74, 6) is 2.73. The minimum absolute atomic E-state index is 0.222. The molecule has 2 saturated carbocycles. The smallest absolute Gasteiger partial charge is 0.109 e. The van der Waals surface area contributed by atoms with Crippen molar-refractivity contribution in [2.24, 2.45) is 11.8 Å². The molecule has 0 radical (unpaired) electrons. The second kappa shape index (κ2) is 6.99. The van der Waals surface area contributed by atoms with Crippen LogP contribution in [0.5, 0.6) is 0 Å². The van der Waals surface area contributed by atoms with Crippen molar-refractivity contribution in [1.29, 1.82) is 5.26 Å². The Bertz CT molecular complexity index is 325. The average Bonchev–Trinajstić information content (AvgIpc) is 2.82. The zero-order chi connectivity index (χ0) is 13.7. The van der Waals surface area contributed by atoms with Crippen molar-refractivity contribution in [2.75, 3.05) is 12.8 Å². The second-order valence-corrected chi connectivity index (χ2v) is 7.88. The van der Waals surface area contributed by atoms with E-state index in [0.717, 1.165) is 17.6 Å². The number of rotatable bonds is 5. The minimum atomic E-state index is -0.222. The molecule has 0 aliphatic heterocycles. The minimum Gasteiger partial charge on any atom is -0.302 e. The summed E-state index contributed by atoms with van der Waals surface area (Å²) in [6, 6.07) is 2.55. The van der Waals surface area contributed by atoms with E-state index in [-0.39, 0.29) is 5.54 Å². The molecule has 2 rings (SSSR count). The summed E-state index contributed by atoms with van der Waals surface area (Å²) in [7, 11) is 1.96. The summed E-state index contributed by atoms with van der Waals surface area (Å²) in [5.41, 5.74) is -0.222. The van der Waals surface area contributed by atoms with E-state index in [2.05, 4.69) is 30.1 Å². The predicted molar refractivity (Wildman–Crippen MR) is 83.2 cm³/mol. The van der Waals surface area contributed by atoms with Gasteiger partial charge in [-0.1, -0.05) is 26.2 Å². The van der Waals surface area contributed by atoms with E-state index < -0.39 is 0 Å². The summed E-state index contributed by atoms with van der Waals surface area (Å²) >= 11 is 2.17. The van der Waals surface area contributed by atoms with Gasteiger partial charge in [0.2, 0.25) is 0 Å². The standard InChI is InChI=1S/C16H28N2S/c1-13-5-3-7-15(11-13)19-10-8-14-6-4-9-16(14,12-17)18-2/h13-15,18H,3-11H2,1-2H3. The van der Waals surface area contributed by atoms with Crippen LogP contribution >= 0.6 is 11.8 Å². The fourth-order valence-electron chi connectivity index (χ4n) is 3.91. The van der Waals surface area contributed by atoms with E-state index in [4.69, 9.17) is 0 Å². The first kappa shape index (κ1) is 15.2. The number of nitrogens with one attached hydrogen (secondary N) is 1. The molecule has 0 heterocycles. The molecule has 4 unspecified atom stereocenters. The molecule has 2 aliphatic carbocycles. The maximum absolute atomic E-state index is 9.45. The Balaban J connectivity index is 1.75. The number of thioether (sulfide) groups is 1. The first-order chi connectivity index (χ1) is 9.20. The molecular formula is C16H28N2S. The molecule has 2 fully saturated rings. The molecule has 0 aromatic heterocycles. The number of nitriles is 1. The molecule has 0 aromatic rings. The SMILES string of the molecule is CNC1(C#N)CCCC1CCSC1CCCC(C)C1. The van der Waals surface area contributed by atoms with Crippen LogP contribution in [-0.4, -0.2) is 23.6 Å². The Morgan fingerprint density at radius 3 is 2.84 bits per heavy atom. The van der Waals surface area contributed by atoms with Crippen LogP contribution in [-0.2, 0) is 0 Å². The summed E-state index contributed by atoms with van der Waals surface area (Å²) < 4.78 is 0. The second-order valence-electron chi connectivity index (χ2n) is 6.48. The van der Waals surface area contributed by atoms with Gasteiger partial charge in [0, 0.05) is 5.25 Å². The highest BCUT2D eigenvalue weighted by molar-refractivity contribution is 7.99. The maximum Gasteiger partial charge on any atom is 0.109 e. The van der Waals surface area contributed by atoms with Gasteiger partial charge in [0.05, 0.1) is 6.07 Å². The molecule has 0 spiro atoms. The molecule has 3 heteroatoms. The predicted octanol–water partition coefficient (Wildman–Crippen LogP) is 3.97. The van der Waals surface area contributed by atoms with Crippen molar-refractivity contribution in [2.45, 2.75) is 69.1 Å². The molecular weight excluding hydrogens is 252 g/mol. The van der Waals surface area contributed by atoms with E-state index in [0.29, 0.717) is 5.92 Å². The van der Waals surface area contributed by atoms with E-state index in [9.17, 15) is 5.26 Å². The van der Waals surface area contributed by atoms with Crippen molar-refractivity contribution < 1.29 is 0 Å². The number of nitrogens with zero attached hydrogens (tertiary/aromatic N) is 1. The van der Waals surface area contributed by atoms with Gasteiger partial charge in [0.15, 0.2) is 0 Å². The van der Waals surface area contributed by atoms with Crippen LogP contribution in [0.2, 0.25) is 0 Å². The van der Waals surface area contributed by atoms with Gasteiger partial charge in [-0.25, -0.2) is 0 Å². The Labute approximate surface area is 122 Å². The van der Waals surface area contributed by atoms with Gasteiger partial charge in [-0.15, -0.1) is 0 Å². The van der Waals surface area contributed by atoms with E-state index in [1.165, 1.54) is 50.7 Å². The quantitative estimate of drug-likeness (QED) is 0.827. The molecule has 2 nitrogen and oxygen atoms in total. The van der Waals surface area contributed by atoms with Gasteiger partial charge in [0.25, 0.3) is 0 Å². The largest absolute Gasteiger partial charge is 0.302 e. The maximum atomic E-state index is 9.45. The molecule has 0 aromatic carbocycles. The van der Waals surface area contributed by atoms with E-state index in [1.807, 2.05) is 7.05 Å². The van der Waals surface area contributed by atoms with Gasteiger partial charge in [-0.05, 0) is 56.7 Å². The topological polar surface area (TPSA) is 35.8 Å². The summed E-state index contributed by atoms with van der Waals surface area (Å²) in [5, 5.41) is 13.6. The molecule has 2 aliphatic rings. The van der Waals surface area contributed by atoms with Gasteiger partial charge in [0.1, 0.15) is 5.54 Å². The zero-order valence-electron chi connectivity index (χ0n) is 12.5. The average molecular weight is 280 g/mol. The molecule has 1 N–H and O–H groups in total. The Kier molecular flexibility index (Phi) is 5.59. The molecule has 4 atom stereocenters. The number of hydrogen-bond donors (Lipinski definition) is 1. The van der Waals surface area contributed by atoms with Crippen molar-refractivity contribution in [3.8, 4) is 6.07 Å². The molecule has 0 bridgehead atoms. The van der Waals surface area contributed by atoms with Crippen molar-refractivity contribution in [3.05, 3.63) is 0 Å². The number of hydrogen-bond acceptors (Lipinski definition) is 3. The Hall–Kier alpha value is -0.200. The van der Waals surface area contributed by atoms with E-state index >= 15 is 0 Å². The monoisotopic (exact) mass is 280 g/mol. The Morgan fingerprint density at radius 1 is 1.32 bits per heavy atom. The summed E-state index contributed by atoms with van der Waals surface area (Å²) in [6.07, 6.45) is 10.4. The van der Waals surface area contributed by atoms with Crippen LogP contribution in [0.3, 0.4) is 0 Å². The lowest BCUT2D eigenvalue weighted by Gasteiger charge is -2.30. The highest BCUT2D eigenvalue weighted by Gasteiger charge is 2.41. The van der Waals surface area contributed by atoms with Crippen molar-refractivity contribution in [1.82, 2.24) is 5.32 Å². The van der Waals surface area contributed by atoms with Gasteiger partial charge >= 0.3 is 0 Å². The Morgan fingerprint density at radius 2 is 2.16 bits per heavy atom. The highest BCUT2D eigenvalue weighted by Crippen LogP contribution is 2.39. The van der Waals surface area contributed by atoms with Crippen molar-refractivity contribution >= 4 is 11.8 Å². The van der Waals surface area contributed by atoms with Gasteiger partial charge < -0.3 is 5.32 Å².